The molecule has 23 heavy (non-hydrogen) atoms. The van der Waals surface area contributed by atoms with Gasteiger partial charge in [0.1, 0.15) is 0 Å². The van der Waals surface area contributed by atoms with Crippen LogP contribution in [-0.2, 0) is 14.8 Å². The zero-order valence-electron chi connectivity index (χ0n) is 14.6. The van der Waals surface area contributed by atoms with Gasteiger partial charge in [0.2, 0.25) is 15.9 Å². The molecule has 0 bridgehead atoms. The van der Waals surface area contributed by atoms with Crippen LogP contribution in [0.15, 0.2) is 17.0 Å². The summed E-state index contributed by atoms with van der Waals surface area (Å²) in [7, 11) is -0.504. The van der Waals surface area contributed by atoms with Gasteiger partial charge in [0.25, 0.3) is 0 Å². The number of unbranched alkanes of at least 4 members (excludes halogenated alkanes) is 1. The monoisotopic (exact) mass is 341 g/mol. The van der Waals surface area contributed by atoms with Crippen molar-refractivity contribution in [2.45, 2.75) is 38.5 Å². The van der Waals surface area contributed by atoms with E-state index in [-0.39, 0.29) is 17.3 Å². The number of sulfonamides is 1. The van der Waals surface area contributed by atoms with Crippen LogP contribution in [0.2, 0.25) is 0 Å². The van der Waals surface area contributed by atoms with Crippen LogP contribution in [0.25, 0.3) is 0 Å². The van der Waals surface area contributed by atoms with E-state index in [0.29, 0.717) is 12.2 Å². The number of carbonyl (C=O) groups is 1. The molecule has 0 spiro atoms. The third-order valence-corrected chi connectivity index (χ3v) is 5.50. The van der Waals surface area contributed by atoms with Crippen molar-refractivity contribution in [3.8, 4) is 0 Å². The van der Waals surface area contributed by atoms with Crippen LogP contribution in [0, 0.1) is 13.8 Å². The molecule has 0 atom stereocenters. The highest BCUT2D eigenvalue weighted by molar-refractivity contribution is 7.89. The van der Waals surface area contributed by atoms with Gasteiger partial charge in [-0.15, -0.1) is 0 Å². The summed E-state index contributed by atoms with van der Waals surface area (Å²) in [5.74, 6) is -0.101. The second kappa shape index (κ2) is 8.31. The van der Waals surface area contributed by atoms with Gasteiger partial charge in [-0.1, -0.05) is 13.3 Å². The summed E-state index contributed by atoms with van der Waals surface area (Å²) in [5, 5.41) is 5.86. The van der Waals surface area contributed by atoms with Crippen LogP contribution in [-0.4, -0.2) is 45.8 Å². The first-order valence-corrected chi connectivity index (χ1v) is 9.18. The number of hydrogen-bond donors (Lipinski definition) is 2. The van der Waals surface area contributed by atoms with Crippen molar-refractivity contribution in [2.24, 2.45) is 0 Å². The van der Waals surface area contributed by atoms with Crippen LogP contribution in [0.3, 0.4) is 0 Å². The summed E-state index contributed by atoms with van der Waals surface area (Å²) in [6.45, 7) is 6.60. The highest BCUT2D eigenvalue weighted by Gasteiger charge is 2.19. The zero-order chi connectivity index (χ0) is 17.6. The Balaban J connectivity index is 2.91. The lowest BCUT2D eigenvalue weighted by Crippen LogP contribution is -2.30. The van der Waals surface area contributed by atoms with Gasteiger partial charge < -0.3 is 10.6 Å². The maximum Gasteiger partial charge on any atom is 0.242 e. The van der Waals surface area contributed by atoms with Gasteiger partial charge >= 0.3 is 0 Å². The first-order valence-electron chi connectivity index (χ1n) is 7.74. The van der Waals surface area contributed by atoms with Gasteiger partial charge in [0, 0.05) is 26.3 Å². The summed E-state index contributed by atoms with van der Waals surface area (Å²) in [4.78, 5) is 12.0. The molecule has 1 aromatic carbocycles. The average molecular weight is 341 g/mol. The van der Waals surface area contributed by atoms with Crippen molar-refractivity contribution in [1.29, 1.82) is 0 Å². The van der Waals surface area contributed by atoms with E-state index >= 15 is 0 Å². The quantitative estimate of drug-likeness (QED) is 0.708. The van der Waals surface area contributed by atoms with E-state index in [1.165, 1.54) is 18.4 Å². The molecule has 0 fully saturated rings. The molecule has 1 rings (SSSR count). The SMILES string of the molecule is CCCCNC(=O)CNc1cc(S(=O)(=O)N(C)C)cc(C)c1C. The van der Waals surface area contributed by atoms with Crippen LogP contribution in [0.5, 0.6) is 0 Å². The van der Waals surface area contributed by atoms with Crippen molar-refractivity contribution >= 4 is 21.6 Å². The molecule has 0 heterocycles. The zero-order valence-corrected chi connectivity index (χ0v) is 15.4. The third kappa shape index (κ3) is 5.21. The first kappa shape index (κ1) is 19.4. The average Bonchev–Trinajstić information content (AvgIpc) is 2.48. The van der Waals surface area contributed by atoms with Gasteiger partial charge in [-0.25, -0.2) is 12.7 Å². The van der Waals surface area contributed by atoms with E-state index in [9.17, 15) is 13.2 Å². The van der Waals surface area contributed by atoms with Gasteiger partial charge in [-0.3, -0.25) is 4.79 Å². The predicted molar refractivity (Wildman–Crippen MR) is 93.2 cm³/mol. The minimum atomic E-state index is -3.50. The number of benzene rings is 1. The molecule has 0 aliphatic rings. The Bertz CT molecular complexity index is 655. The maximum atomic E-state index is 12.3. The molecule has 0 aliphatic heterocycles. The van der Waals surface area contributed by atoms with Gasteiger partial charge in [-0.05, 0) is 43.5 Å². The summed E-state index contributed by atoms with van der Waals surface area (Å²) in [5.41, 5.74) is 2.46. The van der Waals surface area contributed by atoms with Crippen molar-refractivity contribution in [3.05, 3.63) is 23.3 Å². The number of nitrogens with one attached hydrogen (secondary N) is 2. The lowest BCUT2D eigenvalue weighted by Gasteiger charge is -2.17. The summed E-state index contributed by atoms with van der Waals surface area (Å²) >= 11 is 0. The lowest BCUT2D eigenvalue weighted by atomic mass is 10.1. The normalized spacial score (nSPS) is 11.6. The van der Waals surface area contributed by atoms with Crippen molar-refractivity contribution in [2.75, 3.05) is 32.5 Å². The Morgan fingerprint density at radius 1 is 1.22 bits per heavy atom. The number of hydrogen-bond acceptors (Lipinski definition) is 4. The summed E-state index contributed by atoms with van der Waals surface area (Å²) < 4.78 is 25.7. The van der Waals surface area contributed by atoms with Crippen LogP contribution in [0.1, 0.15) is 30.9 Å². The fraction of sp³-hybridized carbons (Fsp3) is 0.562. The number of carbonyl (C=O) groups excluding carboxylic acids is 1. The van der Waals surface area contributed by atoms with Crippen molar-refractivity contribution in [3.63, 3.8) is 0 Å². The van der Waals surface area contributed by atoms with Crippen LogP contribution in [0.4, 0.5) is 5.69 Å². The molecule has 0 unspecified atom stereocenters. The summed E-state index contributed by atoms with van der Waals surface area (Å²) in [6.07, 6.45) is 1.97. The largest absolute Gasteiger partial charge is 0.376 e. The predicted octanol–water partition coefficient (Wildman–Crippen LogP) is 1.88. The maximum absolute atomic E-state index is 12.3. The Morgan fingerprint density at radius 3 is 2.43 bits per heavy atom. The van der Waals surface area contributed by atoms with Gasteiger partial charge in [0.15, 0.2) is 0 Å². The number of rotatable bonds is 8. The Labute approximate surface area is 139 Å². The van der Waals surface area contributed by atoms with E-state index in [0.717, 1.165) is 24.0 Å². The highest BCUT2D eigenvalue weighted by Crippen LogP contribution is 2.25. The molecule has 0 saturated carbocycles. The molecule has 1 aromatic rings. The van der Waals surface area contributed by atoms with E-state index in [4.69, 9.17) is 0 Å². The first-order chi connectivity index (χ1) is 10.7. The van der Waals surface area contributed by atoms with E-state index in [2.05, 4.69) is 17.6 Å². The lowest BCUT2D eigenvalue weighted by molar-refractivity contribution is -0.119. The number of anilines is 1. The molecule has 0 aromatic heterocycles. The summed E-state index contributed by atoms with van der Waals surface area (Å²) in [6, 6.07) is 3.23. The van der Waals surface area contributed by atoms with Crippen LogP contribution < -0.4 is 10.6 Å². The second-order valence-corrected chi connectivity index (χ2v) is 7.91. The third-order valence-electron chi connectivity index (χ3n) is 3.71. The van der Waals surface area contributed by atoms with Crippen molar-refractivity contribution in [1.82, 2.24) is 9.62 Å². The molecule has 0 aliphatic carbocycles. The van der Waals surface area contributed by atoms with Crippen LogP contribution >= 0.6 is 0 Å². The fourth-order valence-electron chi connectivity index (χ4n) is 2.01. The Kier molecular flexibility index (Phi) is 7.02. The molecular weight excluding hydrogens is 314 g/mol. The molecule has 6 nitrogen and oxygen atoms in total. The minimum Gasteiger partial charge on any atom is -0.376 e. The molecule has 7 heteroatoms. The second-order valence-electron chi connectivity index (χ2n) is 5.76. The van der Waals surface area contributed by atoms with E-state index in [1.54, 1.807) is 12.1 Å². The fourth-order valence-corrected chi connectivity index (χ4v) is 3.03. The van der Waals surface area contributed by atoms with Gasteiger partial charge in [-0.2, -0.15) is 0 Å². The van der Waals surface area contributed by atoms with E-state index < -0.39 is 10.0 Å². The Hall–Kier alpha value is -1.60. The molecule has 0 saturated heterocycles. The van der Waals surface area contributed by atoms with Crippen molar-refractivity contribution < 1.29 is 13.2 Å². The minimum absolute atomic E-state index is 0.101. The molecular formula is C16H27N3O3S. The highest BCUT2D eigenvalue weighted by atomic mass is 32.2. The molecule has 1 amide bonds. The van der Waals surface area contributed by atoms with Gasteiger partial charge in [0.05, 0.1) is 11.4 Å². The Morgan fingerprint density at radius 2 is 1.87 bits per heavy atom. The number of amides is 1. The molecule has 2 N–H and O–H groups in total. The van der Waals surface area contributed by atoms with E-state index in [1.807, 2.05) is 13.8 Å². The number of aryl methyl sites for hydroxylation is 1. The standard InChI is InChI=1S/C16H27N3O3S/c1-6-7-8-17-16(20)11-18-15-10-14(9-12(2)13(15)3)23(21,22)19(4)5/h9-10,18H,6-8,11H2,1-5H3,(H,17,20). The number of nitrogens with zero attached hydrogens (tertiary/aromatic N) is 1. The molecule has 0 radical (unpaired) electrons. The topological polar surface area (TPSA) is 78.5 Å². The molecule has 130 valence electrons. The smallest absolute Gasteiger partial charge is 0.242 e.